The second kappa shape index (κ2) is 13.0. The molecule has 0 N–H and O–H groups in total. The number of nitrogens with zero attached hydrogens (tertiary/aromatic N) is 1. The van der Waals surface area contributed by atoms with Gasteiger partial charge in [-0.1, -0.05) is 66.7 Å². The number of aliphatic imine (C=N–C) groups is 1. The lowest BCUT2D eigenvalue weighted by atomic mass is 10.1. The molecule has 2 rings (SSSR count). The number of rotatable bonds is 0. The number of hydrogen-bond donors (Lipinski definition) is 0. The molecule has 1 aliphatic heterocycles. The SMILES string of the molecule is C1=CC2N=COC2C=C1.CC.CC.CC(C)C. The van der Waals surface area contributed by atoms with Crippen molar-refractivity contribution in [1.82, 2.24) is 0 Å². The van der Waals surface area contributed by atoms with Crippen LogP contribution in [0.2, 0.25) is 0 Å². The molecule has 0 aromatic carbocycles. The minimum Gasteiger partial charge on any atom is -0.474 e. The Bertz CT molecular complexity index is 226. The van der Waals surface area contributed by atoms with E-state index < -0.39 is 0 Å². The third kappa shape index (κ3) is 9.86. The van der Waals surface area contributed by atoms with E-state index in [-0.39, 0.29) is 12.1 Å². The van der Waals surface area contributed by atoms with Crippen LogP contribution in [0.15, 0.2) is 29.3 Å². The normalized spacial score (nSPS) is 22.1. The molecule has 0 spiro atoms. The lowest BCUT2D eigenvalue weighted by Gasteiger charge is -2.10. The van der Waals surface area contributed by atoms with Crippen LogP contribution in [-0.4, -0.2) is 18.5 Å². The first kappa shape index (κ1) is 18.3. The molecule has 1 aliphatic carbocycles. The summed E-state index contributed by atoms with van der Waals surface area (Å²) >= 11 is 0. The molecule has 0 aromatic rings. The summed E-state index contributed by atoms with van der Waals surface area (Å²) in [5.41, 5.74) is 0. The maximum atomic E-state index is 5.13. The van der Waals surface area contributed by atoms with Gasteiger partial charge >= 0.3 is 0 Å². The van der Waals surface area contributed by atoms with Crippen molar-refractivity contribution in [3.05, 3.63) is 24.3 Å². The fourth-order valence-corrected chi connectivity index (χ4v) is 1.01. The molecule has 17 heavy (non-hydrogen) atoms. The van der Waals surface area contributed by atoms with Crippen LogP contribution in [0.1, 0.15) is 48.5 Å². The minimum absolute atomic E-state index is 0.176. The Kier molecular flexibility index (Phi) is 14.0. The second-order valence-corrected chi connectivity index (χ2v) is 3.85. The van der Waals surface area contributed by atoms with Crippen LogP contribution in [0.25, 0.3) is 0 Å². The van der Waals surface area contributed by atoms with Crippen molar-refractivity contribution in [2.45, 2.75) is 60.6 Å². The van der Waals surface area contributed by atoms with Crippen LogP contribution < -0.4 is 0 Å². The zero-order chi connectivity index (χ0) is 13.7. The molecule has 2 unspecified atom stereocenters. The first-order valence-corrected chi connectivity index (χ1v) is 6.72. The summed E-state index contributed by atoms with van der Waals surface area (Å²) in [7, 11) is 0. The van der Waals surface area contributed by atoms with Gasteiger partial charge in [0, 0.05) is 0 Å². The average Bonchev–Trinajstić information content (AvgIpc) is 2.81. The molecule has 2 nitrogen and oxygen atoms in total. The van der Waals surface area contributed by atoms with Gasteiger partial charge in [-0.2, -0.15) is 0 Å². The van der Waals surface area contributed by atoms with Crippen LogP contribution in [0.5, 0.6) is 0 Å². The van der Waals surface area contributed by atoms with Crippen molar-refractivity contribution >= 4 is 6.40 Å². The van der Waals surface area contributed by atoms with E-state index in [9.17, 15) is 0 Å². The predicted octanol–water partition coefficient (Wildman–Crippen LogP) is 4.62. The third-order valence-electron chi connectivity index (χ3n) is 1.51. The van der Waals surface area contributed by atoms with E-state index in [1.807, 2.05) is 52.0 Å². The van der Waals surface area contributed by atoms with Crippen LogP contribution in [0.4, 0.5) is 0 Å². The first-order valence-electron chi connectivity index (χ1n) is 6.72. The Balaban J connectivity index is 0. The summed E-state index contributed by atoms with van der Waals surface area (Å²) in [6.45, 7) is 14.5. The fraction of sp³-hybridized carbons (Fsp3) is 0.667. The predicted molar refractivity (Wildman–Crippen MR) is 78.6 cm³/mol. The zero-order valence-electron chi connectivity index (χ0n) is 12.5. The Labute approximate surface area is 107 Å². The van der Waals surface area contributed by atoms with E-state index in [1.54, 1.807) is 0 Å². The summed E-state index contributed by atoms with van der Waals surface area (Å²) in [5, 5.41) is 0. The molecule has 0 saturated heterocycles. The Hall–Kier alpha value is -1.05. The average molecular weight is 239 g/mol. The highest BCUT2D eigenvalue weighted by Gasteiger charge is 2.21. The lowest BCUT2D eigenvalue weighted by Crippen LogP contribution is -2.18. The summed E-state index contributed by atoms with van der Waals surface area (Å²) in [4.78, 5) is 4.07. The van der Waals surface area contributed by atoms with Gasteiger partial charge in [-0.25, -0.2) is 4.99 Å². The Morgan fingerprint density at radius 1 is 0.941 bits per heavy atom. The number of fused-ring (bicyclic) bond motifs is 1. The minimum atomic E-state index is 0.176. The van der Waals surface area contributed by atoms with Gasteiger partial charge in [-0.05, 0) is 12.0 Å². The molecule has 0 saturated carbocycles. The highest BCUT2D eigenvalue weighted by Crippen LogP contribution is 2.15. The van der Waals surface area contributed by atoms with Crippen molar-refractivity contribution in [1.29, 1.82) is 0 Å². The number of ether oxygens (including phenoxy) is 1. The Morgan fingerprint density at radius 2 is 1.41 bits per heavy atom. The molecule has 0 aromatic heterocycles. The van der Waals surface area contributed by atoms with E-state index >= 15 is 0 Å². The molecule has 0 radical (unpaired) electrons. The second-order valence-electron chi connectivity index (χ2n) is 3.85. The van der Waals surface area contributed by atoms with E-state index in [1.165, 1.54) is 6.40 Å². The first-order chi connectivity index (χ1) is 8.20. The van der Waals surface area contributed by atoms with Crippen molar-refractivity contribution < 1.29 is 4.74 Å². The van der Waals surface area contributed by atoms with Gasteiger partial charge < -0.3 is 4.74 Å². The lowest BCUT2D eigenvalue weighted by molar-refractivity contribution is 0.264. The van der Waals surface area contributed by atoms with Crippen LogP contribution in [0, 0.1) is 5.92 Å². The quantitative estimate of drug-likeness (QED) is 0.604. The summed E-state index contributed by atoms with van der Waals surface area (Å²) < 4.78 is 5.13. The summed E-state index contributed by atoms with van der Waals surface area (Å²) in [5.74, 6) is 0.833. The van der Waals surface area contributed by atoms with Crippen molar-refractivity contribution in [3.8, 4) is 0 Å². The van der Waals surface area contributed by atoms with Crippen LogP contribution >= 0.6 is 0 Å². The van der Waals surface area contributed by atoms with E-state index in [2.05, 4.69) is 25.8 Å². The molecule has 0 bridgehead atoms. The third-order valence-corrected chi connectivity index (χ3v) is 1.51. The van der Waals surface area contributed by atoms with Crippen molar-refractivity contribution in [2.75, 3.05) is 0 Å². The number of allylic oxidation sites excluding steroid dienone is 2. The summed E-state index contributed by atoms with van der Waals surface area (Å²) in [6.07, 6.45) is 9.72. The van der Waals surface area contributed by atoms with Gasteiger partial charge in [0.1, 0.15) is 12.1 Å². The van der Waals surface area contributed by atoms with Gasteiger partial charge in [0.05, 0.1) is 0 Å². The molecule has 2 aliphatic rings. The van der Waals surface area contributed by atoms with Crippen LogP contribution in [0.3, 0.4) is 0 Å². The molecule has 0 amide bonds. The van der Waals surface area contributed by atoms with E-state index in [4.69, 9.17) is 4.74 Å². The smallest absolute Gasteiger partial charge is 0.171 e. The standard InChI is InChI=1S/C7H7NO.C4H10.2C2H6/c1-2-4-7-6(3-1)8-5-9-7;1-4(2)3;2*1-2/h1-7H;4H,1-3H3;2*1-2H3. The van der Waals surface area contributed by atoms with Gasteiger partial charge in [0.15, 0.2) is 6.40 Å². The van der Waals surface area contributed by atoms with Crippen molar-refractivity contribution in [3.63, 3.8) is 0 Å². The highest BCUT2D eigenvalue weighted by atomic mass is 16.5. The molecular formula is C15H29NO. The van der Waals surface area contributed by atoms with E-state index in [0.29, 0.717) is 0 Å². The summed E-state index contributed by atoms with van der Waals surface area (Å²) in [6, 6.07) is 0.245. The fourth-order valence-electron chi connectivity index (χ4n) is 1.01. The zero-order valence-corrected chi connectivity index (χ0v) is 12.5. The largest absolute Gasteiger partial charge is 0.474 e. The van der Waals surface area contributed by atoms with E-state index in [0.717, 1.165) is 5.92 Å². The number of hydrogen-bond acceptors (Lipinski definition) is 2. The topological polar surface area (TPSA) is 21.6 Å². The van der Waals surface area contributed by atoms with Gasteiger partial charge in [-0.3, -0.25) is 0 Å². The molecule has 2 heteroatoms. The highest BCUT2D eigenvalue weighted by molar-refractivity contribution is 5.52. The van der Waals surface area contributed by atoms with Gasteiger partial charge in [0.25, 0.3) is 0 Å². The molecule has 0 fully saturated rings. The molecule has 1 heterocycles. The van der Waals surface area contributed by atoms with Gasteiger partial charge in [-0.15, -0.1) is 0 Å². The molecule has 100 valence electrons. The van der Waals surface area contributed by atoms with Crippen molar-refractivity contribution in [2.24, 2.45) is 10.9 Å². The van der Waals surface area contributed by atoms with Gasteiger partial charge in [0.2, 0.25) is 0 Å². The monoisotopic (exact) mass is 239 g/mol. The molecular weight excluding hydrogens is 210 g/mol. The Morgan fingerprint density at radius 3 is 1.88 bits per heavy atom. The maximum Gasteiger partial charge on any atom is 0.171 e. The van der Waals surface area contributed by atoms with Crippen LogP contribution in [-0.2, 0) is 4.74 Å². The molecule has 2 atom stereocenters. The maximum absolute atomic E-state index is 5.13.